The maximum absolute atomic E-state index is 13.8. The van der Waals surface area contributed by atoms with Gasteiger partial charge < -0.3 is 24.9 Å². The number of unbranched alkanes of at least 4 members (excludes halogenated alkanes) is 1. The number of ether oxygens (including phenoxy) is 1. The highest BCUT2D eigenvalue weighted by molar-refractivity contribution is 7.57. The van der Waals surface area contributed by atoms with Crippen molar-refractivity contribution in [3.05, 3.63) is 104 Å². The molecule has 0 spiro atoms. The quantitative estimate of drug-likeness (QED) is 0.0490. The van der Waals surface area contributed by atoms with Crippen molar-refractivity contribution < 1.29 is 18.6 Å². The summed E-state index contributed by atoms with van der Waals surface area (Å²) in [4.78, 5) is 24.9. The van der Waals surface area contributed by atoms with E-state index in [0.29, 0.717) is 42.2 Å². The normalized spacial score (nSPS) is 14.2. The average molecular weight is 690 g/mol. The standard InChI is InChI=1S/C37H52N7O4P/c1-3-4-5-6-7-8-9-10-11-12-13-14-15-16-17-18-22-25-34(45)39-26-27-43-49(46,48-33-23-20-19-21-24-33)31-47-32(2)28-44-30-42-35-36(38)40-29-41-37(35)44/h4-5,7-8,10-11,13-14,16-17,19-21,23-24,29-30,32H,3,6,9,12,15,18,22,25-28,31H2,1-2H3,(H,39,45)(H,43,46)(H2,38,40,41)/t32-,49?/m1/s1. The number of carbonyl (C=O) groups is 1. The summed E-state index contributed by atoms with van der Waals surface area (Å²) in [6, 6.07) is 8.94. The number of amides is 1. The lowest BCUT2D eigenvalue weighted by molar-refractivity contribution is -0.121. The molecule has 1 unspecified atom stereocenters. The van der Waals surface area contributed by atoms with Gasteiger partial charge in [0.15, 0.2) is 11.5 Å². The Morgan fingerprint density at radius 2 is 1.57 bits per heavy atom. The highest BCUT2D eigenvalue weighted by atomic mass is 31.2. The largest absolute Gasteiger partial charge is 0.431 e. The van der Waals surface area contributed by atoms with E-state index in [1.54, 1.807) is 30.6 Å². The molecule has 0 fully saturated rings. The molecule has 1 amide bonds. The van der Waals surface area contributed by atoms with Crippen molar-refractivity contribution in [3.8, 4) is 5.75 Å². The maximum Gasteiger partial charge on any atom is 0.341 e. The van der Waals surface area contributed by atoms with E-state index in [0.717, 1.165) is 44.9 Å². The molecule has 0 saturated carbocycles. The van der Waals surface area contributed by atoms with Gasteiger partial charge in [-0.3, -0.25) is 9.36 Å². The van der Waals surface area contributed by atoms with Crippen molar-refractivity contribution in [1.29, 1.82) is 0 Å². The number of anilines is 1. The average Bonchev–Trinajstić information content (AvgIpc) is 3.51. The molecule has 2 atom stereocenters. The van der Waals surface area contributed by atoms with Crippen LogP contribution in [0.4, 0.5) is 5.82 Å². The van der Waals surface area contributed by atoms with E-state index in [9.17, 15) is 9.36 Å². The SMILES string of the molecule is CCC=CCC=CCC=CCC=CCC=CCCCC(=O)NCCNP(=O)(CO[C@H](C)Cn1cnc2c(N)ncnc21)Oc1ccccc1. The predicted molar refractivity (Wildman–Crippen MR) is 199 cm³/mol. The van der Waals surface area contributed by atoms with Crippen LogP contribution in [-0.4, -0.2) is 51.0 Å². The number of nitrogens with zero attached hydrogens (tertiary/aromatic N) is 4. The lowest BCUT2D eigenvalue weighted by atomic mass is 10.2. The molecule has 3 aromatic rings. The molecule has 4 N–H and O–H groups in total. The Morgan fingerprint density at radius 3 is 2.24 bits per heavy atom. The van der Waals surface area contributed by atoms with Crippen molar-refractivity contribution in [2.75, 3.05) is 25.2 Å². The number of nitrogens with one attached hydrogen (secondary N) is 2. The highest BCUT2D eigenvalue weighted by Gasteiger charge is 2.26. The summed E-state index contributed by atoms with van der Waals surface area (Å²) in [7, 11) is -3.47. The minimum atomic E-state index is -3.47. The number of aromatic nitrogens is 4. The van der Waals surface area contributed by atoms with E-state index in [-0.39, 0.29) is 24.9 Å². The topological polar surface area (TPSA) is 146 Å². The predicted octanol–water partition coefficient (Wildman–Crippen LogP) is 7.67. The second-order valence-corrected chi connectivity index (χ2v) is 13.5. The number of imidazole rings is 1. The van der Waals surface area contributed by atoms with E-state index in [1.165, 1.54) is 6.33 Å². The molecule has 0 aliphatic heterocycles. The summed E-state index contributed by atoms with van der Waals surface area (Å²) in [5.74, 6) is 0.719. The van der Waals surface area contributed by atoms with Gasteiger partial charge in [0.25, 0.3) is 0 Å². The fourth-order valence-electron chi connectivity index (χ4n) is 4.61. The third-order valence-electron chi connectivity index (χ3n) is 7.14. The van der Waals surface area contributed by atoms with Crippen molar-refractivity contribution in [3.63, 3.8) is 0 Å². The van der Waals surface area contributed by atoms with Crippen LogP contribution in [0.2, 0.25) is 0 Å². The van der Waals surface area contributed by atoms with E-state index in [4.69, 9.17) is 15.0 Å². The second kappa shape index (κ2) is 23.1. The van der Waals surface area contributed by atoms with Gasteiger partial charge in [-0.25, -0.2) is 20.0 Å². The van der Waals surface area contributed by atoms with Gasteiger partial charge in [-0.15, -0.1) is 0 Å². The third kappa shape index (κ3) is 16.1. The van der Waals surface area contributed by atoms with Gasteiger partial charge in [-0.1, -0.05) is 85.9 Å². The smallest absolute Gasteiger partial charge is 0.341 e. The second-order valence-electron chi connectivity index (χ2n) is 11.4. The molecule has 49 heavy (non-hydrogen) atoms. The fraction of sp³-hybridized carbons (Fsp3) is 0.405. The summed E-state index contributed by atoms with van der Waals surface area (Å²) < 4.78 is 27.5. The minimum Gasteiger partial charge on any atom is -0.431 e. The Morgan fingerprint density at radius 1 is 0.918 bits per heavy atom. The summed E-state index contributed by atoms with van der Waals surface area (Å²) >= 11 is 0. The van der Waals surface area contributed by atoms with Crippen LogP contribution < -0.4 is 20.7 Å². The molecular formula is C37H52N7O4P. The molecule has 2 heterocycles. The highest BCUT2D eigenvalue weighted by Crippen LogP contribution is 2.43. The number of nitrogens with two attached hydrogens (primary N) is 1. The zero-order valence-electron chi connectivity index (χ0n) is 28.8. The Balaban J connectivity index is 1.31. The summed E-state index contributed by atoms with van der Waals surface area (Å²) in [6.45, 7) is 4.98. The lowest BCUT2D eigenvalue weighted by Crippen LogP contribution is -2.32. The van der Waals surface area contributed by atoms with Crippen LogP contribution >= 0.6 is 7.52 Å². The fourth-order valence-corrected chi connectivity index (χ4v) is 6.18. The van der Waals surface area contributed by atoms with Gasteiger partial charge in [0.2, 0.25) is 5.91 Å². The minimum absolute atomic E-state index is 0.0464. The van der Waals surface area contributed by atoms with Crippen LogP contribution in [0.5, 0.6) is 5.75 Å². The molecule has 0 radical (unpaired) electrons. The summed E-state index contributed by atoms with van der Waals surface area (Å²) in [6.07, 6.45) is 31.1. The first kappa shape index (κ1) is 39.1. The summed E-state index contributed by atoms with van der Waals surface area (Å²) in [5, 5.41) is 5.88. The number of carbonyl (C=O) groups excluding carboxylic acids is 1. The Kier molecular flexibility index (Phi) is 18.5. The number of allylic oxidation sites excluding steroid dienone is 10. The Bertz CT molecular complexity index is 1580. The molecule has 11 nitrogen and oxygen atoms in total. The lowest BCUT2D eigenvalue weighted by Gasteiger charge is -2.23. The number of hydrogen-bond donors (Lipinski definition) is 3. The van der Waals surface area contributed by atoms with Crippen molar-refractivity contribution in [1.82, 2.24) is 29.9 Å². The number of para-hydroxylation sites is 1. The molecule has 0 aliphatic carbocycles. The van der Waals surface area contributed by atoms with Crippen LogP contribution in [0.15, 0.2) is 104 Å². The van der Waals surface area contributed by atoms with Crippen LogP contribution in [0.3, 0.4) is 0 Å². The van der Waals surface area contributed by atoms with Crippen molar-refractivity contribution in [2.45, 2.75) is 77.9 Å². The van der Waals surface area contributed by atoms with Crippen LogP contribution in [0.25, 0.3) is 11.2 Å². The van der Waals surface area contributed by atoms with E-state index >= 15 is 0 Å². The van der Waals surface area contributed by atoms with Gasteiger partial charge in [0, 0.05) is 19.5 Å². The van der Waals surface area contributed by atoms with Gasteiger partial charge in [0.05, 0.1) is 19.0 Å². The molecule has 0 aliphatic rings. The zero-order valence-corrected chi connectivity index (χ0v) is 29.7. The van der Waals surface area contributed by atoms with Crippen LogP contribution in [0.1, 0.15) is 65.2 Å². The van der Waals surface area contributed by atoms with Crippen LogP contribution in [-0.2, 0) is 20.6 Å². The van der Waals surface area contributed by atoms with Crippen LogP contribution in [0, 0.1) is 0 Å². The van der Waals surface area contributed by atoms with E-state index in [2.05, 4.69) is 93.0 Å². The zero-order chi connectivity index (χ0) is 35.0. The molecule has 0 saturated heterocycles. The van der Waals surface area contributed by atoms with Gasteiger partial charge in [0.1, 0.15) is 23.9 Å². The van der Waals surface area contributed by atoms with Crippen molar-refractivity contribution >= 4 is 30.4 Å². The third-order valence-corrected chi connectivity index (χ3v) is 8.84. The molecule has 1 aromatic carbocycles. The molecule has 12 heteroatoms. The summed E-state index contributed by atoms with van der Waals surface area (Å²) in [5.41, 5.74) is 7.01. The van der Waals surface area contributed by atoms with Gasteiger partial charge >= 0.3 is 7.52 Å². The van der Waals surface area contributed by atoms with E-state index in [1.807, 2.05) is 17.6 Å². The van der Waals surface area contributed by atoms with Crippen molar-refractivity contribution in [2.24, 2.45) is 0 Å². The number of benzene rings is 1. The van der Waals surface area contributed by atoms with Gasteiger partial charge in [-0.2, -0.15) is 0 Å². The monoisotopic (exact) mass is 689 g/mol. The number of hydrogen-bond acceptors (Lipinski definition) is 8. The Labute approximate surface area is 291 Å². The first-order chi connectivity index (χ1) is 23.9. The van der Waals surface area contributed by atoms with Gasteiger partial charge in [-0.05, 0) is 64.0 Å². The van der Waals surface area contributed by atoms with E-state index < -0.39 is 7.52 Å². The first-order valence-corrected chi connectivity index (χ1v) is 18.8. The maximum atomic E-state index is 13.8. The number of nitrogen functional groups attached to an aromatic ring is 1. The number of fused-ring (bicyclic) bond motifs is 1. The molecule has 264 valence electrons. The molecule has 0 bridgehead atoms. The Hall–Kier alpha value is -4.31. The number of rotatable bonds is 24. The first-order valence-electron chi connectivity index (χ1n) is 17.0. The molecule has 2 aromatic heterocycles. The molecule has 3 rings (SSSR count). The molecular weight excluding hydrogens is 637 g/mol.